The summed E-state index contributed by atoms with van der Waals surface area (Å²) in [6, 6.07) is 10.6. The molecular weight excluding hydrogens is 369 g/mol. The number of fused-ring (bicyclic) bond motifs is 2. The van der Waals surface area contributed by atoms with Crippen molar-refractivity contribution in [1.82, 2.24) is 4.98 Å². The van der Waals surface area contributed by atoms with Crippen LogP contribution in [0.2, 0.25) is 5.02 Å². The number of nitrogens with zero attached hydrogens (tertiary/aromatic N) is 1. The highest BCUT2D eigenvalue weighted by Gasteiger charge is 2.15. The molecule has 1 aromatic heterocycles. The van der Waals surface area contributed by atoms with Crippen LogP contribution in [-0.2, 0) is 11.2 Å². The first-order chi connectivity index (χ1) is 13.1. The molecule has 2 heterocycles. The molecule has 1 aliphatic rings. The molecule has 2 aromatic carbocycles. The van der Waals surface area contributed by atoms with Gasteiger partial charge in [-0.1, -0.05) is 11.6 Å². The molecule has 0 unspecified atom stereocenters. The van der Waals surface area contributed by atoms with Crippen LogP contribution in [0.1, 0.15) is 12.0 Å². The zero-order chi connectivity index (χ0) is 18.8. The maximum Gasteiger partial charge on any atom is 0.224 e. The van der Waals surface area contributed by atoms with Crippen molar-refractivity contribution in [2.45, 2.75) is 12.8 Å². The Morgan fingerprint density at radius 1 is 1.22 bits per heavy atom. The Morgan fingerprint density at radius 2 is 2.11 bits per heavy atom. The number of anilines is 2. The molecule has 0 radical (unpaired) electrons. The van der Waals surface area contributed by atoms with Crippen LogP contribution < -0.4 is 15.4 Å². The predicted octanol–water partition coefficient (Wildman–Crippen LogP) is 4.40. The van der Waals surface area contributed by atoms with Crippen molar-refractivity contribution in [3.63, 3.8) is 0 Å². The summed E-state index contributed by atoms with van der Waals surface area (Å²) in [5.41, 5.74) is 2.49. The summed E-state index contributed by atoms with van der Waals surface area (Å²) in [7, 11) is 0. The second kappa shape index (κ2) is 7.40. The highest BCUT2D eigenvalue weighted by atomic mass is 35.5. The molecule has 0 bridgehead atoms. The summed E-state index contributed by atoms with van der Waals surface area (Å²) in [5.74, 6) is 0.326. The zero-order valence-corrected chi connectivity index (χ0v) is 15.1. The fraction of sp³-hybridized carbons (Fsp3) is 0.200. The van der Waals surface area contributed by atoms with Crippen molar-refractivity contribution in [3.8, 4) is 5.75 Å². The van der Waals surface area contributed by atoms with Crippen LogP contribution in [-0.4, -0.2) is 24.0 Å². The lowest BCUT2D eigenvalue weighted by molar-refractivity contribution is -0.116. The first-order valence-electron chi connectivity index (χ1n) is 8.64. The number of benzene rings is 2. The fourth-order valence-electron chi connectivity index (χ4n) is 3.09. The van der Waals surface area contributed by atoms with Crippen molar-refractivity contribution >= 4 is 39.8 Å². The van der Waals surface area contributed by atoms with Gasteiger partial charge in [0.25, 0.3) is 0 Å². The Morgan fingerprint density at radius 3 is 3.00 bits per heavy atom. The average molecular weight is 386 g/mol. The second-order valence-corrected chi connectivity index (χ2v) is 6.67. The molecule has 138 valence electrons. The molecule has 1 aliphatic heterocycles. The normalized spacial score (nSPS) is 13.2. The molecule has 2 N–H and O–H groups in total. The number of nitrogens with one attached hydrogen (secondary N) is 2. The lowest BCUT2D eigenvalue weighted by Crippen LogP contribution is -2.19. The largest absolute Gasteiger partial charge is 0.492 e. The maximum absolute atomic E-state index is 14.6. The smallest absolute Gasteiger partial charge is 0.224 e. The lowest BCUT2D eigenvalue weighted by Gasteiger charge is -2.18. The standard InChI is InChI=1S/C20H17ClFN3O2/c21-15-7-8-24-20-14(15)3-5-17(19(20)22)23-9-10-27-13-2-4-16-12(11-13)1-6-18(26)25-16/h2-5,7-8,11,23H,1,6,9-10H2,(H,25,26). The van der Waals surface area contributed by atoms with Gasteiger partial charge in [0.15, 0.2) is 5.82 Å². The monoisotopic (exact) mass is 385 g/mol. The lowest BCUT2D eigenvalue weighted by atomic mass is 10.0. The van der Waals surface area contributed by atoms with Gasteiger partial charge in [0.05, 0.1) is 10.7 Å². The molecule has 4 rings (SSSR count). The SMILES string of the molecule is O=C1CCc2cc(OCCNc3ccc4c(Cl)ccnc4c3F)ccc2N1. The second-order valence-electron chi connectivity index (χ2n) is 6.26. The topological polar surface area (TPSA) is 63.2 Å². The van der Waals surface area contributed by atoms with E-state index in [0.29, 0.717) is 42.1 Å². The summed E-state index contributed by atoms with van der Waals surface area (Å²) in [6.45, 7) is 0.794. The average Bonchev–Trinajstić information content (AvgIpc) is 2.67. The zero-order valence-electron chi connectivity index (χ0n) is 14.4. The minimum Gasteiger partial charge on any atom is -0.492 e. The van der Waals surface area contributed by atoms with Crippen molar-refractivity contribution in [3.05, 3.63) is 59.0 Å². The number of aromatic nitrogens is 1. The van der Waals surface area contributed by atoms with E-state index in [1.54, 1.807) is 18.2 Å². The third-order valence-corrected chi connectivity index (χ3v) is 4.79. The molecule has 0 spiro atoms. The van der Waals surface area contributed by atoms with E-state index in [4.69, 9.17) is 16.3 Å². The first kappa shape index (κ1) is 17.5. The summed E-state index contributed by atoms with van der Waals surface area (Å²) >= 11 is 6.06. The van der Waals surface area contributed by atoms with E-state index in [2.05, 4.69) is 15.6 Å². The van der Waals surface area contributed by atoms with Crippen LogP contribution >= 0.6 is 11.6 Å². The van der Waals surface area contributed by atoms with Crippen LogP contribution in [0.5, 0.6) is 5.75 Å². The van der Waals surface area contributed by atoms with Gasteiger partial charge >= 0.3 is 0 Å². The highest BCUT2D eigenvalue weighted by molar-refractivity contribution is 6.35. The Labute approximate surface area is 160 Å². The van der Waals surface area contributed by atoms with E-state index in [1.807, 2.05) is 18.2 Å². The molecule has 3 aromatic rings. The van der Waals surface area contributed by atoms with Crippen molar-refractivity contribution < 1.29 is 13.9 Å². The van der Waals surface area contributed by atoms with E-state index >= 15 is 0 Å². The minimum absolute atomic E-state index is 0.0357. The van der Waals surface area contributed by atoms with E-state index in [-0.39, 0.29) is 11.4 Å². The van der Waals surface area contributed by atoms with E-state index in [9.17, 15) is 9.18 Å². The van der Waals surface area contributed by atoms with Gasteiger partial charge < -0.3 is 15.4 Å². The molecule has 0 saturated carbocycles. The molecule has 27 heavy (non-hydrogen) atoms. The van der Waals surface area contributed by atoms with E-state index in [0.717, 1.165) is 17.0 Å². The Bertz CT molecular complexity index is 1030. The number of hydrogen-bond acceptors (Lipinski definition) is 4. The number of carbonyl (C=O) groups excluding carboxylic acids is 1. The molecular formula is C20H17ClFN3O2. The van der Waals surface area contributed by atoms with Crippen LogP contribution in [0.3, 0.4) is 0 Å². The van der Waals surface area contributed by atoms with Crippen LogP contribution in [0.25, 0.3) is 10.9 Å². The quantitative estimate of drug-likeness (QED) is 0.639. The summed E-state index contributed by atoms with van der Waals surface area (Å²) < 4.78 is 20.3. The van der Waals surface area contributed by atoms with Gasteiger partial charge in [0.2, 0.25) is 5.91 Å². The van der Waals surface area contributed by atoms with Gasteiger partial charge in [-0.25, -0.2) is 4.39 Å². The third kappa shape index (κ3) is 3.66. The number of ether oxygens (including phenoxy) is 1. The molecule has 7 heteroatoms. The van der Waals surface area contributed by atoms with Gasteiger partial charge in [0, 0.05) is 30.2 Å². The first-order valence-corrected chi connectivity index (χ1v) is 9.02. The number of pyridine rings is 1. The molecule has 0 aliphatic carbocycles. The number of halogens is 2. The van der Waals surface area contributed by atoms with E-state index < -0.39 is 5.82 Å². The number of aryl methyl sites for hydroxylation is 1. The van der Waals surface area contributed by atoms with Gasteiger partial charge in [-0.2, -0.15) is 0 Å². The highest BCUT2D eigenvalue weighted by Crippen LogP contribution is 2.28. The summed E-state index contributed by atoms with van der Waals surface area (Å²) in [4.78, 5) is 15.5. The van der Waals surface area contributed by atoms with Crippen molar-refractivity contribution in [2.24, 2.45) is 0 Å². The van der Waals surface area contributed by atoms with E-state index in [1.165, 1.54) is 6.20 Å². The summed E-state index contributed by atoms with van der Waals surface area (Å²) in [6.07, 6.45) is 2.67. The van der Waals surface area contributed by atoms with Gasteiger partial charge in [-0.3, -0.25) is 9.78 Å². The number of carbonyl (C=O) groups is 1. The van der Waals surface area contributed by atoms with Crippen molar-refractivity contribution in [2.75, 3.05) is 23.8 Å². The molecule has 0 fully saturated rings. The van der Waals surface area contributed by atoms with Gasteiger partial charge in [-0.05, 0) is 48.4 Å². The van der Waals surface area contributed by atoms with Crippen LogP contribution in [0.4, 0.5) is 15.8 Å². The third-order valence-electron chi connectivity index (χ3n) is 4.46. The number of hydrogen-bond donors (Lipinski definition) is 2. The minimum atomic E-state index is -0.431. The summed E-state index contributed by atoms with van der Waals surface area (Å²) in [5, 5.41) is 6.91. The van der Waals surface area contributed by atoms with Gasteiger partial charge in [-0.15, -0.1) is 0 Å². The van der Waals surface area contributed by atoms with Crippen LogP contribution in [0, 0.1) is 5.82 Å². The Kier molecular flexibility index (Phi) is 4.81. The fourth-order valence-corrected chi connectivity index (χ4v) is 3.30. The maximum atomic E-state index is 14.6. The Hall–Kier alpha value is -2.86. The van der Waals surface area contributed by atoms with Gasteiger partial charge in [0.1, 0.15) is 17.9 Å². The molecule has 5 nitrogen and oxygen atoms in total. The molecule has 1 amide bonds. The number of amides is 1. The van der Waals surface area contributed by atoms with Crippen LogP contribution in [0.15, 0.2) is 42.6 Å². The predicted molar refractivity (Wildman–Crippen MR) is 104 cm³/mol. The van der Waals surface area contributed by atoms with Crippen molar-refractivity contribution in [1.29, 1.82) is 0 Å². The number of rotatable bonds is 5. The molecule has 0 saturated heterocycles. The molecule has 0 atom stereocenters. The Balaban J connectivity index is 1.37.